The first-order chi connectivity index (χ1) is 10.8. The van der Waals surface area contributed by atoms with Gasteiger partial charge in [-0.05, 0) is 73.6 Å². The van der Waals surface area contributed by atoms with Crippen LogP contribution < -0.4 is 5.32 Å². The molecule has 0 saturated carbocycles. The van der Waals surface area contributed by atoms with E-state index < -0.39 is 6.10 Å². The fourth-order valence-corrected chi connectivity index (χ4v) is 3.93. The van der Waals surface area contributed by atoms with E-state index in [-0.39, 0.29) is 13.2 Å². The Morgan fingerprint density at radius 1 is 0.955 bits per heavy atom. The molecular formula is C18H24N2O2. The minimum absolute atomic E-state index is 0.262. The highest BCUT2D eigenvalue weighted by molar-refractivity contribution is 5.71. The molecule has 1 aromatic carbocycles. The predicted molar refractivity (Wildman–Crippen MR) is 86.0 cm³/mol. The van der Waals surface area contributed by atoms with Crippen LogP contribution in [0.15, 0.2) is 0 Å². The minimum Gasteiger partial charge on any atom is -0.394 e. The number of hydrogen-bond acceptors (Lipinski definition) is 4. The first-order valence-corrected chi connectivity index (χ1v) is 8.38. The zero-order chi connectivity index (χ0) is 15.5. The van der Waals surface area contributed by atoms with E-state index in [4.69, 9.17) is 5.11 Å². The van der Waals surface area contributed by atoms with Crippen molar-refractivity contribution in [1.29, 1.82) is 5.26 Å². The average Bonchev–Trinajstić information content (AvgIpc) is 2.59. The van der Waals surface area contributed by atoms with Crippen LogP contribution in [0.1, 0.15) is 53.5 Å². The smallest absolute Gasteiger partial charge is 0.102 e. The lowest BCUT2D eigenvalue weighted by atomic mass is 9.77. The van der Waals surface area contributed by atoms with E-state index in [1.807, 2.05) is 0 Å². The molecular weight excluding hydrogens is 276 g/mol. The average molecular weight is 300 g/mol. The molecule has 0 amide bonds. The summed E-state index contributed by atoms with van der Waals surface area (Å²) in [5, 5.41) is 31.6. The maximum atomic E-state index is 9.70. The quantitative estimate of drug-likeness (QED) is 0.796. The first-order valence-electron chi connectivity index (χ1n) is 8.38. The van der Waals surface area contributed by atoms with Crippen LogP contribution in [0, 0.1) is 11.3 Å². The number of aliphatic hydroxyl groups excluding tert-OH is 2. The van der Waals surface area contributed by atoms with Crippen molar-refractivity contribution in [3.8, 4) is 6.07 Å². The molecule has 2 aliphatic rings. The maximum Gasteiger partial charge on any atom is 0.102 e. The van der Waals surface area contributed by atoms with Gasteiger partial charge >= 0.3 is 0 Å². The summed E-state index contributed by atoms with van der Waals surface area (Å²) in [6.07, 6.45) is 8.18. The van der Waals surface area contributed by atoms with Crippen LogP contribution in [0.5, 0.6) is 0 Å². The van der Waals surface area contributed by atoms with E-state index in [9.17, 15) is 10.4 Å². The van der Waals surface area contributed by atoms with Crippen LogP contribution in [-0.2, 0) is 25.7 Å². The summed E-state index contributed by atoms with van der Waals surface area (Å²) in [6, 6.07) is 2.41. The molecule has 0 aromatic heterocycles. The van der Waals surface area contributed by atoms with Gasteiger partial charge in [0.1, 0.15) is 6.07 Å². The van der Waals surface area contributed by atoms with Gasteiger partial charge in [-0.15, -0.1) is 0 Å². The van der Waals surface area contributed by atoms with Gasteiger partial charge in [-0.25, -0.2) is 0 Å². The van der Waals surface area contributed by atoms with Crippen LogP contribution in [0.25, 0.3) is 0 Å². The van der Waals surface area contributed by atoms with Gasteiger partial charge in [-0.2, -0.15) is 5.26 Å². The van der Waals surface area contributed by atoms with E-state index in [1.54, 1.807) is 0 Å². The van der Waals surface area contributed by atoms with Gasteiger partial charge in [-0.1, -0.05) is 0 Å². The van der Waals surface area contributed by atoms with E-state index in [2.05, 4.69) is 11.4 Å². The summed E-state index contributed by atoms with van der Waals surface area (Å²) >= 11 is 0. The molecule has 0 heterocycles. The number of nitrogens with zero attached hydrogens (tertiary/aromatic N) is 1. The SMILES string of the molecule is N#Cc1c2c(c3c(c1NCC(O)CO)CCCC3)CCCC2. The fourth-order valence-electron chi connectivity index (χ4n) is 3.93. The zero-order valence-electron chi connectivity index (χ0n) is 13.0. The van der Waals surface area contributed by atoms with Crippen LogP contribution in [0.4, 0.5) is 5.69 Å². The Kier molecular flexibility index (Phi) is 4.66. The Hall–Kier alpha value is -1.57. The first kappa shape index (κ1) is 15.3. The minimum atomic E-state index is -0.790. The summed E-state index contributed by atoms with van der Waals surface area (Å²) in [5.41, 5.74) is 7.11. The van der Waals surface area contributed by atoms with E-state index in [1.165, 1.54) is 35.1 Å². The lowest BCUT2D eigenvalue weighted by molar-refractivity contribution is 0.105. The van der Waals surface area contributed by atoms with Gasteiger partial charge in [0, 0.05) is 6.54 Å². The molecule has 0 radical (unpaired) electrons. The molecule has 0 bridgehead atoms. The van der Waals surface area contributed by atoms with Gasteiger partial charge in [0.2, 0.25) is 0 Å². The summed E-state index contributed by atoms with van der Waals surface area (Å²) in [4.78, 5) is 0. The number of hydrogen-bond donors (Lipinski definition) is 3. The molecule has 0 saturated heterocycles. The Bertz CT molecular complexity index is 604. The summed E-state index contributed by atoms with van der Waals surface area (Å²) in [7, 11) is 0. The maximum absolute atomic E-state index is 9.70. The number of aliphatic hydroxyl groups is 2. The van der Waals surface area contributed by atoms with Crippen molar-refractivity contribution in [2.75, 3.05) is 18.5 Å². The van der Waals surface area contributed by atoms with Gasteiger partial charge in [0.25, 0.3) is 0 Å². The number of nitriles is 1. The molecule has 2 aliphatic carbocycles. The number of benzene rings is 1. The largest absolute Gasteiger partial charge is 0.394 e. The monoisotopic (exact) mass is 300 g/mol. The highest BCUT2D eigenvalue weighted by atomic mass is 16.3. The normalized spacial score (nSPS) is 18.0. The van der Waals surface area contributed by atoms with Gasteiger partial charge in [-0.3, -0.25) is 0 Å². The molecule has 3 N–H and O–H groups in total. The Balaban J connectivity index is 2.08. The zero-order valence-corrected chi connectivity index (χ0v) is 13.0. The Labute approximate surface area is 131 Å². The van der Waals surface area contributed by atoms with Crippen molar-refractivity contribution in [3.05, 3.63) is 27.8 Å². The van der Waals surface area contributed by atoms with Crippen LogP contribution in [-0.4, -0.2) is 29.5 Å². The lowest BCUT2D eigenvalue weighted by Gasteiger charge is -2.30. The summed E-state index contributed by atoms with van der Waals surface area (Å²) < 4.78 is 0. The van der Waals surface area contributed by atoms with E-state index in [0.29, 0.717) is 0 Å². The van der Waals surface area contributed by atoms with E-state index >= 15 is 0 Å². The summed E-state index contributed by atoms with van der Waals surface area (Å²) in [6.45, 7) is 0.0262. The molecule has 1 unspecified atom stereocenters. The molecule has 1 atom stereocenters. The second-order valence-electron chi connectivity index (χ2n) is 6.41. The molecule has 1 aromatic rings. The highest BCUT2D eigenvalue weighted by Crippen LogP contribution is 2.39. The third-order valence-electron chi connectivity index (χ3n) is 4.99. The molecule has 4 heteroatoms. The molecule has 3 rings (SSSR count). The van der Waals surface area contributed by atoms with Gasteiger partial charge < -0.3 is 15.5 Å². The number of nitrogens with one attached hydrogen (secondary N) is 1. The molecule has 118 valence electrons. The molecule has 0 aliphatic heterocycles. The fraction of sp³-hybridized carbons (Fsp3) is 0.611. The molecule has 0 fully saturated rings. The standard InChI is InChI=1S/C18H24N2O2/c19-9-17-15-7-2-1-5-13(15)14-6-3-4-8-16(14)18(17)20-10-12(22)11-21/h12,20-22H,1-8,10-11H2. The van der Waals surface area contributed by atoms with Crippen LogP contribution in [0.2, 0.25) is 0 Å². The number of fused-ring (bicyclic) bond motifs is 3. The third kappa shape index (κ3) is 2.71. The molecule has 4 nitrogen and oxygen atoms in total. The topological polar surface area (TPSA) is 76.3 Å². The second-order valence-corrected chi connectivity index (χ2v) is 6.41. The Morgan fingerprint density at radius 2 is 1.50 bits per heavy atom. The van der Waals surface area contributed by atoms with Gasteiger partial charge in [0.05, 0.1) is 24.0 Å². The van der Waals surface area contributed by atoms with Crippen molar-refractivity contribution >= 4 is 5.69 Å². The van der Waals surface area contributed by atoms with Crippen molar-refractivity contribution in [1.82, 2.24) is 0 Å². The van der Waals surface area contributed by atoms with Crippen molar-refractivity contribution in [2.45, 2.75) is 57.5 Å². The Morgan fingerprint density at radius 3 is 2.09 bits per heavy atom. The highest BCUT2D eigenvalue weighted by Gasteiger charge is 2.26. The van der Waals surface area contributed by atoms with Crippen molar-refractivity contribution < 1.29 is 10.2 Å². The number of anilines is 1. The van der Waals surface area contributed by atoms with Crippen molar-refractivity contribution in [3.63, 3.8) is 0 Å². The van der Waals surface area contributed by atoms with E-state index in [0.717, 1.165) is 49.8 Å². The van der Waals surface area contributed by atoms with Crippen molar-refractivity contribution in [2.24, 2.45) is 0 Å². The van der Waals surface area contributed by atoms with Gasteiger partial charge in [0.15, 0.2) is 0 Å². The second kappa shape index (κ2) is 6.68. The van der Waals surface area contributed by atoms with Crippen LogP contribution in [0.3, 0.4) is 0 Å². The molecule has 0 spiro atoms. The summed E-state index contributed by atoms with van der Waals surface area (Å²) in [5.74, 6) is 0. The number of rotatable bonds is 4. The molecule has 22 heavy (non-hydrogen) atoms. The lowest BCUT2D eigenvalue weighted by Crippen LogP contribution is -2.25. The van der Waals surface area contributed by atoms with Crippen LogP contribution >= 0.6 is 0 Å². The predicted octanol–water partition coefficient (Wildman–Crippen LogP) is 2.08. The third-order valence-corrected chi connectivity index (χ3v) is 4.99.